The van der Waals surface area contributed by atoms with Crippen LogP contribution >= 0.6 is 0 Å². The predicted molar refractivity (Wildman–Crippen MR) is 85.4 cm³/mol. The lowest BCUT2D eigenvalue weighted by molar-refractivity contribution is 0.0993. The van der Waals surface area contributed by atoms with E-state index in [0.717, 1.165) is 33.2 Å². The van der Waals surface area contributed by atoms with Gasteiger partial charge in [-0.3, -0.25) is 4.79 Å². The molecule has 3 rings (SSSR count). The molecular formula is C19H15NO. The molecule has 0 atom stereocenters. The zero-order valence-electron chi connectivity index (χ0n) is 11.8. The molecule has 1 aromatic heterocycles. The lowest BCUT2D eigenvalue weighted by atomic mass is 10.0. The van der Waals surface area contributed by atoms with Crippen molar-refractivity contribution in [2.75, 3.05) is 0 Å². The van der Waals surface area contributed by atoms with Crippen molar-refractivity contribution >= 4 is 16.7 Å². The highest BCUT2D eigenvalue weighted by atomic mass is 16.1. The fraction of sp³-hybridized carbons (Fsp3) is 0.105. The molecule has 0 aliphatic heterocycles. The number of hydrogen-bond donors (Lipinski definition) is 1. The van der Waals surface area contributed by atoms with Gasteiger partial charge in [-0.15, -0.1) is 6.42 Å². The van der Waals surface area contributed by atoms with E-state index in [2.05, 4.69) is 10.9 Å². The summed E-state index contributed by atoms with van der Waals surface area (Å²) in [5.41, 5.74) is 4.69. The minimum Gasteiger partial charge on any atom is -0.360 e. The van der Waals surface area contributed by atoms with Crippen LogP contribution in [-0.4, -0.2) is 10.8 Å². The van der Waals surface area contributed by atoms with Gasteiger partial charge in [0.05, 0.1) is 0 Å². The number of aromatic nitrogens is 1. The van der Waals surface area contributed by atoms with Gasteiger partial charge in [-0.25, -0.2) is 0 Å². The zero-order valence-corrected chi connectivity index (χ0v) is 11.8. The van der Waals surface area contributed by atoms with Crippen molar-refractivity contribution in [2.45, 2.75) is 13.3 Å². The number of rotatable bonds is 3. The van der Waals surface area contributed by atoms with E-state index in [1.54, 1.807) is 0 Å². The number of Topliss-reactive ketones (excluding diaryl/α,β-unsaturated/α-hetero) is 1. The number of H-pyrrole nitrogens is 1. The Morgan fingerprint density at radius 2 is 1.95 bits per heavy atom. The Morgan fingerprint density at radius 3 is 2.67 bits per heavy atom. The van der Waals surface area contributed by atoms with E-state index in [9.17, 15) is 4.79 Å². The summed E-state index contributed by atoms with van der Waals surface area (Å²) in [6.45, 7) is 2.01. The molecule has 0 amide bonds. The molecule has 1 heterocycles. The molecule has 0 radical (unpaired) electrons. The maximum absolute atomic E-state index is 12.3. The van der Waals surface area contributed by atoms with E-state index in [1.807, 2.05) is 55.6 Å². The van der Waals surface area contributed by atoms with Gasteiger partial charge < -0.3 is 4.98 Å². The third-order valence-electron chi connectivity index (χ3n) is 3.64. The van der Waals surface area contributed by atoms with Crippen LogP contribution in [0.5, 0.6) is 0 Å². The maximum atomic E-state index is 12.3. The van der Waals surface area contributed by atoms with Crippen LogP contribution in [0.25, 0.3) is 10.9 Å². The van der Waals surface area contributed by atoms with Crippen LogP contribution in [0.1, 0.15) is 27.0 Å². The lowest BCUT2D eigenvalue weighted by Crippen LogP contribution is -2.03. The molecule has 1 N–H and O–H groups in total. The quantitative estimate of drug-likeness (QED) is 0.570. The molecule has 21 heavy (non-hydrogen) atoms. The molecule has 102 valence electrons. The summed E-state index contributed by atoms with van der Waals surface area (Å²) >= 11 is 0. The third kappa shape index (κ3) is 2.59. The number of aromatic amines is 1. The molecule has 3 aromatic rings. The van der Waals surface area contributed by atoms with Crippen molar-refractivity contribution in [2.24, 2.45) is 0 Å². The largest absolute Gasteiger partial charge is 0.360 e. The number of ketones is 1. The molecule has 0 aliphatic carbocycles. The Bertz CT molecular complexity index is 847. The highest BCUT2D eigenvalue weighted by molar-refractivity contribution is 5.98. The molecule has 0 spiro atoms. The first kappa shape index (κ1) is 13.2. The average molecular weight is 273 g/mol. The molecule has 2 aromatic carbocycles. The topological polar surface area (TPSA) is 32.9 Å². The second-order valence-electron chi connectivity index (χ2n) is 5.19. The average Bonchev–Trinajstić information content (AvgIpc) is 2.90. The molecule has 2 nitrogen and oxygen atoms in total. The van der Waals surface area contributed by atoms with Gasteiger partial charge in [0, 0.05) is 34.6 Å². The third-order valence-corrected chi connectivity index (χ3v) is 3.64. The van der Waals surface area contributed by atoms with Crippen LogP contribution < -0.4 is 0 Å². The molecule has 2 heteroatoms. The summed E-state index contributed by atoms with van der Waals surface area (Å²) < 4.78 is 0. The minimum atomic E-state index is 0.118. The summed E-state index contributed by atoms with van der Waals surface area (Å²) in [7, 11) is 0. The van der Waals surface area contributed by atoms with Crippen LogP contribution in [0.15, 0.2) is 48.7 Å². The van der Waals surface area contributed by atoms with Gasteiger partial charge >= 0.3 is 0 Å². The highest BCUT2D eigenvalue weighted by Crippen LogP contribution is 2.20. The van der Waals surface area contributed by atoms with E-state index in [-0.39, 0.29) is 5.78 Å². The Hall–Kier alpha value is -2.79. The summed E-state index contributed by atoms with van der Waals surface area (Å²) in [5.74, 6) is 2.77. The van der Waals surface area contributed by atoms with Gasteiger partial charge in [-0.05, 0) is 24.6 Å². The van der Waals surface area contributed by atoms with Crippen molar-refractivity contribution in [3.63, 3.8) is 0 Å². The van der Waals surface area contributed by atoms with E-state index in [1.165, 1.54) is 0 Å². The van der Waals surface area contributed by atoms with E-state index in [0.29, 0.717) is 6.42 Å². The molecule has 0 bridgehead atoms. The van der Waals surface area contributed by atoms with Gasteiger partial charge in [0.1, 0.15) is 0 Å². The number of carbonyl (C=O) groups excluding carboxylic acids is 1. The standard InChI is InChI=1S/C19H15NO/c1-3-15-12-20-18-9-6-14(10-17(15)18)11-19(21)16-7-4-13(2)5-8-16/h1,4-10,12,20H,11H2,2H3. The molecule has 0 saturated carbocycles. The number of terminal acetylenes is 1. The van der Waals surface area contributed by atoms with Gasteiger partial charge in [0.25, 0.3) is 0 Å². The first-order chi connectivity index (χ1) is 10.2. The van der Waals surface area contributed by atoms with Crippen LogP contribution in [0.4, 0.5) is 0 Å². The molecular weight excluding hydrogens is 258 g/mol. The van der Waals surface area contributed by atoms with Crippen LogP contribution in [0, 0.1) is 19.3 Å². The Labute approximate surface area is 123 Å². The first-order valence-electron chi connectivity index (χ1n) is 6.84. The van der Waals surface area contributed by atoms with Crippen molar-refractivity contribution in [1.29, 1.82) is 0 Å². The summed E-state index contributed by atoms with van der Waals surface area (Å²) in [4.78, 5) is 15.4. The molecule has 0 saturated heterocycles. The smallest absolute Gasteiger partial charge is 0.167 e. The SMILES string of the molecule is C#Cc1c[nH]c2ccc(CC(=O)c3ccc(C)cc3)cc12. The fourth-order valence-corrected chi connectivity index (χ4v) is 2.42. The zero-order chi connectivity index (χ0) is 14.8. The molecule has 0 aliphatic rings. The fourth-order valence-electron chi connectivity index (χ4n) is 2.42. The maximum Gasteiger partial charge on any atom is 0.167 e. The van der Waals surface area contributed by atoms with Crippen LogP contribution in [0.3, 0.4) is 0 Å². The second kappa shape index (κ2) is 5.30. The van der Waals surface area contributed by atoms with Crippen LogP contribution in [0.2, 0.25) is 0 Å². The second-order valence-corrected chi connectivity index (χ2v) is 5.19. The molecule has 0 fully saturated rings. The van der Waals surface area contributed by atoms with Gasteiger partial charge in [-0.1, -0.05) is 41.8 Å². The van der Waals surface area contributed by atoms with E-state index >= 15 is 0 Å². The number of fused-ring (bicyclic) bond motifs is 1. The monoisotopic (exact) mass is 273 g/mol. The minimum absolute atomic E-state index is 0.118. The lowest BCUT2D eigenvalue weighted by Gasteiger charge is -2.03. The first-order valence-corrected chi connectivity index (χ1v) is 6.84. The van der Waals surface area contributed by atoms with E-state index in [4.69, 9.17) is 6.42 Å². The normalized spacial score (nSPS) is 10.5. The van der Waals surface area contributed by atoms with Crippen molar-refractivity contribution in [3.05, 3.63) is 70.9 Å². The number of carbonyl (C=O) groups is 1. The number of nitrogens with one attached hydrogen (secondary N) is 1. The Morgan fingerprint density at radius 1 is 1.19 bits per heavy atom. The van der Waals surface area contributed by atoms with Crippen molar-refractivity contribution < 1.29 is 4.79 Å². The number of benzene rings is 2. The van der Waals surface area contributed by atoms with Gasteiger partial charge in [-0.2, -0.15) is 0 Å². The summed E-state index contributed by atoms with van der Waals surface area (Å²) in [6, 6.07) is 13.6. The van der Waals surface area contributed by atoms with Crippen LogP contribution in [-0.2, 0) is 6.42 Å². The Kier molecular flexibility index (Phi) is 3.33. The van der Waals surface area contributed by atoms with Gasteiger partial charge in [0.2, 0.25) is 0 Å². The number of hydrogen-bond acceptors (Lipinski definition) is 1. The van der Waals surface area contributed by atoms with Gasteiger partial charge in [0.15, 0.2) is 5.78 Å². The summed E-state index contributed by atoms with van der Waals surface area (Å²) in [6.07, 6.45) is 7.68. The highest BCUT2D eigenvalue weighted by Gasteiger charge is 2.09. The van der Waals surface area contributed by atoms with E-state index < -0.39 is 0 Å². The Balaban J connectivity index is 1.89. The summed E-state index contributed by atoms with van der Waals surface area (Å²) in [5, 5.41) is 0.992. The molecule has 0 unspecified atom stereocenters. The number of aryl methyl sites for hydroxylation is 1. The predicted octanol–water partition coefficient (Wildman–Crippen LogP) is 3.88. The van der Waals surface area contributed by atoms with Crippen molar-refractivity contribution in [3.8, 4) is 12.3 Å². The van der Waals surface area contributed by atoms with Crippen molar-refractivity contribution in [1.82, 2.24) is 4.98 Å².